The van der Waals surface area contributed by atoms with Gasteiger partial charge in [-0.1, -0.05) is 35.4 Å². The van der Waals surface area contributed by atoms with Gasteiger partial charge in [-0.3, -0.25) is 9.69 Å². The van der Waals surface area contributed by atoms with Gasteiger partial charge in [-0.2, -0.15) is 0 Å². The zero-order valence-corrected chi connectivity index (χ0v) is 15.3. The fourth-order valence-corrected chi connectivity index (χ4v) is 3.40. The molecule has 0 radical (unpaired) electrons. The Morgan fingerprint density at radius 3 is 2.48 bits per heavy atom. The summed E-state index contributed by atoms with van der Waals surface area (Å²) in [5.41, 5.74) is 4.26. The van der Waals surface area contributed by atoms with Crippen molar-refractivity contribution in [2.75, 3.05) is 26.2 Å². The SMILES string of the molecule is Cc1ccc(C)c(CN2CCN(C(=O)c3ccc(F)cc3Cl)CC2)c1. The van der Waals surface area contributed by atoms with Crippen LogP contribution in [-0.2, 0) is 6.54 Å². The van der Waals surface area contributed by atoms with Gasteiger partial charge in [0.1, 0.15) is 5.82 Å². The minimum Gasteiger partial charge on any atom is -0.336 e. The first-order valence-corrected chi connectivity index (χ1v) is 8.84. The van der Waals surface area contributed by atoms with Crippen molar-refractivity contribution in [3.8, 4) is 0 Å². The van der Waals surface area contributed by atoms with Crippen molar-refractivity contribution in [2.45, 2.75) is 20.4 Å². The Labute approximate surface area is 153 Å². The highest BCUT2D eigenvalue weighted by Gasteiger charge is 2.24. The van der Waals surface area contributed by atoms with Crippen molar-refractivity contribution >= 4 is 17.5 Å². The Hall–Kier alpha value is -1.91. The lowest BCUT2D eigenvalue weighted by Crippen LogP contribution is -2.48. The maximum Gasteiger partial charge on any atom is 0.255 e. The Balaban J connectivity index is 1.61. The highest BCUT2D eigenvalue weighted by molar-refractivity contribution is 6.33. The number of hydrogen-bond acceptors (Lipinski definition) is 2. The van der Waals surface area contributed by atoms with E-state index in [1.165, 1.54) is 34.9 Å². The molecular weight excluding hydrogens is 339 g/mol. The van der Waals surface area contributed by atoms with Crippen LogP contribution in [0, 0.1) is 19.7 Å². The molecule has 0 N–H and O–H groups in total. The standard InChI is InChI=1S/C20H22ClFN2O/c1-14-3-4-15(2)16(11-14)13-23-7-9-24(10-8-23)20(25)18-6-5-17(22)12-19(18)21/h3-6,11-12H,7-10,13H2,1-2H3. The number of halogens is 2. The molecule has 25 heavy (non-hydrogen) atoms. The second-order valence-electron chi connectivity index (χ2n) is 6.62. The summed E-state index contributed by atoms with van der Waals surface area (Å²) in [4.78, 5) is 16.7. The van der Waals surface area contributed by atoms with Gasteiger partial charge in [0, 0.05) is 32.7 Å². The van der Waals surface area contributed by atoms with Gasteiger partial charge in [-0.15, -0.1) is 0 Å². The first kappa shape index (κ1) is 17.9. The molecule has 2 aromatic carbocycles. The molecule has 1 aliphatic heterocycles. The van der Waals surface area contributed by atoms with Gasteiger partial charge in [0.2, 0.25) is 0 Å². The van der Waals surface area contributed by atoms with E-state index in [-0.39, 0.29) is 10.9 Å². The molecule has 0 bridgehead atoms. The van der Waals surface area contributed by atoms with E-state index < -0.39 is 5.82 Å². The van der Waals surface area contributed by atoms with Gasteiger partial charge in [0.25, 0.3) is 5.91 Å². The zero-order chi connectivity index (χ0) is 18.0. The van der Waals surface area contributed by atoms with Crippen molar-refractivity contribution in [1.82, 2.24) is 9.80 Å². The third kappa shape index (κ3) is 4.20. The molecule has 1 amide bonds. The average Bonchev–Trinajstić information content (AvgIpc) is 2.58. The van der Waals surface area contributed by atoms with E-state index in [0.29, 0.717) is 18.7 Å². The van der Waals surface area contributed by atoms with Crippen LogP contribution in [0.2, 0.25) is 5.02 Å². The third-order valence-corrected chi connectivity index (χ3v) is 5.03. The number of amides is 1. The molecule has 132 valence electrons. The number of nitrogens with zero attached hydrogens (tertiary/aromatic N) is 2. The smallest absolute Gasteiger partial charge is 0.255 e. The molecule has 3 nitrogen and oxygen atoms in total. The average molecular weight is 361 g/mol. The summed E-state index contributed by atoms with van der Waals surface area (Å²) >= 11 is 6.01. The van der Waals surface area contributed by atoms with Crippen LogP contribution in [0.25, 0.3) is 0 Å². The molecule has 5 heteroatoms. The fourth-order valence-electron chi connectivity index (χ4n) is 3.15. The van der Waals surface area contributed by atoms with Crippen LogP contribution < -0.4 is 0 Å². The van der Waals surface area contributed by atoms with Crippen molar-refractivity contribution in [3.63, 3.8) is 0 Å². The first-order valence-electron chi connectivity index (χ1n) is 8.47. The van der Waals surface area contributed by atoms with E-state index in [0.717, 1.165) is 19.6 Å². The van der Waals surface area contributed by atoms with Gasteiger partial charge >= 0.3 is 0 Å². The monoisotopic (exact) mass is 360 g/mol. The summed E-state index contributed by atoms with van der Waals surface area (Å²) in [5.74, 6) is -0.559. The maximum atomic E-state index is 13.2. The number of piperazine rings is 1. The lowest BCUT2D eigenvalue weighted by atomic mass is 10.0. The molecule has 3 rings (SSSR count). The molecule has 0 unspecified atom stereocenters. The number of rotatable bonds is 3. The molecule has 1 heterocycles. The zero-order valence-electron chi connectivity index (χ0n) is 14.6. The van der Waals surface area contributed by atoms with Crippen molar-refractivity contribution in [3.05, 3.63) is 69.5 Å². The molecule has 0 aromatic heterocycles. The van der Waals surface area contributed by atoms with Crippen LogP contribution >= 0.6 is 11.6 Å². The van der Waals surface area contributed by atoms with Crippen molar-refractivity contribution in [2.24, 2.45) is 0 Å². The van der Waals surface area contributed by atoms with Crippen LogP contribution in [0.1, 0.15) is 27.0 Å². The molecule has 1 aliphatic rings. The van der Waals surface area contributed by atoms with Gasteiger partial charge < -0.3 is 4.90 Å². The lowest BCUT2D eigenvalue weighted by Gasteiger charge is -2.35. The summed E-state index contributed by atoms with van der Waals surface area (Å²) in [6.45, 7) is 8.06. The molecule has 2 aromatic rings. The molecular formula is C20H22ClFN2O. The van der Waals surface area contributed by atoms with Crippen LogP contribution in [0.3, 0.4) is 0 Å². The predicted octanol–water partition coefficient (Wildman–Crippen LogP) is 4.05. The van der Waals surface area contributed by atoms with E-state index in [1.807, 2.05) is 0 Å². The van der Waals surface area contributed by atoms with E-state index in [2.05, 4.69) is 36.9 Å². The Bertz CT molecular complexity index is 785. The molecule has 0 atom stereocenters. The third-order valence-electron chi connectivity index (χ3n) is 4.72. The summed E-state index contributed by atoms with van der Waals surface area (Å²) in [5, 5.41) is 0.169. The highest BCUT2D eigenvalue weighted by Crippen LogP contribution is 2.20. The van der Waals surface area contributed by atoms with Crippen LogP contribution in [0.5, 0.6) is 0 Å². The summed E-state index contributed by atoms with van der Waals surface area (Å²) < 4.78 is 13.2. The first-order chi connectivity index (χ1) is 11.9. The van der Waals surface area contributed by atoms with Gasteiger partial charge in [0.05, 0.1) is 10.6 Å². The van der Waals surface area contributed by atoms with Crippen LogP contribution in [0.15, 0.2) is 36.4 Å². The topological polar surface area (TPSA) is 23.6 Å². The Morgan fingerprint density at radius 2 is 1.80 bits per heavy atom. The highest BCUT2D eigenvalue weighted by atomic mass is 35.5. The van der Waals surface area contributed by atoms with Crippen LogP contribution in [0.4, 0.5) is 4.39 Å². The maximum absolute atomic E-state index is 13.2. The van der Waals surface area contributed by atoms with E-state index in [1.54, 1.807) is 4.90 Å². The van der Waals surface area contributed by atoms with Gasteiger partial charge in [-0.25, -0.2) is 4.39 Å². The summed E-state index contributed by atoms with van der Waals surface area (Å²) in [6.07, 6.45) is 0. The molecule has 0 saturated carbocycles. The summed E-state index contributed by atoms with van der Waals surface area (Å²) in [7, 11) is 0. The lowest BCUT2D eigenvalue weighted by molar-refractivity contribution is 0.0628. The second-order valence-corrected chi connectivity index (χ2v) is 7.03. The van der Waals surface area contributed by atoms with Gasteiger partial charge in [-0.05, 0) is 43.2 Å². The number of aryl methyl sites for hydroxylation is 2. The Kier molecular flexibility index (Phi) is 5.40. The van der Waals surface area contributed by atoms with Crippen molar-refractivity contribution < 1.29 is 9.18 Å². The van der Waals surface area contributed by atoms with E-state index >= 15 is 0 Å². The number of carbonyl (C=O) groups is 1. The van der Waals surface area contributed by atoms with E-state index in [9.17, 15) is 9.18 Å². The minimum atomic E-state index is -0.431. The number of carbonyl (C=O) groups excluding carboxylic acids is 1. The van der Waals surface area contributed by atoms with Gasteiger partial charge in [0.15, 0.2) is 0 Å². The number of benzene rings is 2. The molecule has 1 saturated heterocycles. The normalized spacial score (nSPS) is 15.4. The Morgan fingerprint density at radius 1 is 1.08 bits per heavy atom. The minimum absolute atomic E-state index is 0.128. The van der Waals surface area contributed by atoms with E-state index in [4.69, 9.17) is 11.6 Å². The molecule has 0 aliphatic carbocycles. The van der Waals surface area contributed by atoms with Crippen molar-refractivity contribution in [1.29, 1.82) is 0 Å². The number of hydrogen-bond donors (Lipinski definition) is 0. The second kappa shape index (κ2) is 7.54. The largest absolute Gasteiger partial charge is 0.336 e. The quantitative estimate of drug-likeness (QED) is 0.824. The molecule has 1 fully saturated rings. The van der Waals surface area contributed by atoms with Crippen LogP contribution in [-0.4, -0.2) is 41.9 Å². The fraction of sp³-hybridized carbons (Fsp3) is 0.350. The summed E-state index contributed by atoms with van der Waals surface area (Å²) in [6, 6.07) is 10.4. The molecule has 0 spiro atoms. The predicted molar refractivity (Wildman–Crippen MR) is 98.5 cm³/mol.